The summed E-state index contributed by atoms with van der Waals surface area (Å²) in [4.78, 5) is 83.5. The van der Waals surface area contributed by atoms with E-state index < -0.39 is 81.3 Å². The molecule has 1 aromatic heterocycles. The number of benzene rings is 1. The number of Topliss-reactive ketones (excluding diaryl/α,β-unsaturated/α-hetero) is 1. The maximum atomic E-state index is 14.4. The summed E-state index contributed by atoms with van der Waals surface area (Å²) in [6.07, 6.45) is 1.28. The summed E-state index contributed by atoms with van der Waals surface area (Å²) in [5, 5.41) is 12.8. The third-order valence-corrected chi connectivity index (χ3v) is 13.1. The van der Waals surface area contributed by atoms with E-state index in [1.807, 2.05) is 75.5 Å². The van der Waals surface area contributed by atoms with E-state index >= 15 is 0 Å². The molecule has 3 unspecified atom stereocenters. The minimum atomic E-state index is -1.17. The Morgan fingerprint density at radius 1 is 0.925 bits per heavy atom. The van der Waals surface area contributed by atoms with Gasteiger partial charge in [0.2, 0.25) is 23.5 Å². The summed E-state index contributed by atoms with van der Waals surface area (Å²) in [5.41, 5.74) is -0.637. The van der Waals surface area contributed by atoms with Crippen molar-refractivity contribution in [1.29, 1.82) is 0 Å². The average Bonchev–Trinajstić information content (AvgIpc) is 3.76. The van der Waals surface area contributed by atoms with Gasteiger partial charge in [-0.15, -0.1) is 34.9 Å². The number of alkyl carbamates (subject to hydrolysis) is 1. The quantitative estimate of drug-likeness (QED) is 0.204. The highest BCUT2D eigenvalue weighted by atomic mass is 32.2. The number of carbonyl (C=O) groups is 6. The zero-order chi connectivity index (χ0) is 39.0. The van der Waals surface area contributed by atoms with E-state index in [2.05, 4.69) is 21.3 Å². The van der Waals surface area contributed by atoms with Crippen molar-refractivity contribution >= 4 is 70.4 Å². The molecule has 1 spiro atoms. The Labute approximate surface area is 325 Å². The predicted octanol–water partition coefficient (Wildman–Crippen LogP) is 5.03. The fraction of sp³-hybridized carbons (Fsp3) is 0.579. The zero-order valence-electron chi connectivity index (χ0n) is 31.6. The van der Waals surface area contributed by atoms with Crippen molar-refractivity contribution in [3.8, 4) is 0 Å². The normalized spacial score (nSPS) is 18.7. The Balaban J connectivity index is 1.47. The zero-order valence-corrected chi connectivity index (χ0v) is 34.1. The second-order valence-electron chi connectivity index (χ2n) is 15.4. The van der Waals surface area contributed by atoms with Crippen LogP contribution in [-0.2, 0) is 28.7 Å². The molecule has 2 saturated heterocycles. The van der Waals surface area contributed by atoms with Gasteiger partial charge < -0.3 is 30.9 Å². The Hall–Kier alpha value is -3.56. The molecule has 290 valence electrons. The number of nitrogens with zero attached hydrogens (tertiary/aromatic N) is 1. The first kappa shape index (κ1) is 42.2. The molecule has 0 bridgehead atoms. The number of ketones is 1. The summed E-state index contributed by atoms with van der Waals surface area (Å²) in [6.45, 7) is 12.4. The van der Waals surface area contributed by atoms with Crippen molar-refractivity contribution in [2.75, 3.05) is 24.6 Å². The van der Waals surface area contributed by atoms with Crippen molar-refractivity contribution in [2.24, 2.45) is 5.41 Å². The van der Waals surface area contributed by atoms with Gasteiger partial charge >= 0.3 is 6.09 Å². The summed E-state index contributed by atoms with van der Waals surface area (Å²) in [7, 11) is 0. The van der Waals surface area contributed by atoms with E-state index in [-0.39, 0.29) is 13.0 Å². The fourth-order valence-electron chi connectivity index (χ4n) is 6.23. The number of likely N-dealkylation sites (tertiary alicyclic amines) is 1. The topological polar surface area (TPSA) is 163 Å². The number of ether oxygens (including phenoxy) is 1. The molecule has 1 aromatic carbocycles. The van der Waals surface area contributed by atoms with E-state index in [1.165, 1.54) is 16.2 Å². The molecule has 0 radical (unpaired) electrons. The van der Waals surface area contributed by atoms with Gasteiger partial charge in [0.05, 0.1) is 22.7 Å². The molecular weight excluding hydrogens is 735 g/mol. The number of hydrogen-bond acceptors (Lipinski definition) is 10. The van der Waals surface area contributed by atoms with Crippen LogP contribution in [-0.4, -0.2) is 92.8 Å². The summed E-state index contributed by atoms with van der Waals surface area (Å²) < 4.78 is 5.04. The number of thioether (sulfide) groups is 2. The first-order valence-corrected chi connectivity index (χ1v) is 20.9. The largest absolute Gasteiger partial charge is 0.444 e. The standard InChI is InChI=1S/C38H53N5O7S3/c1-8-14-25(30(45)33(47)39-22-28(44)41-29(27-17-12-18-51-27)24-15-10-9-11-16-24)40-32(46)26-21-38(52-19-13-20-53-38)23-43(26)34(48)31(36(2,3)4)42-35(49)50-37(5,6)7/h9-12,15-18,25-26,29,31H,8,13-14,19-23H2,1-7H3,(H,39,47)(H,40,46)(H,41,44)(H,42,49)/t25?,26-,29?,31?/m0/s1. The molecule has 4 N–H and O–H groups in total. The van der Waals surface area contributed by atoms with Crippen LogP contribution in [0.15, 0.2) is 47.8 Å². The third-order valence-electron chi connectivity index (χ3n) is 8.78. The lowest BCUT2D eigenvalue weighted by Crippen LogP contribution is -2.59. The van der Waals surface area contributed by atoms with Gasteiger partial charge in [0.15, 0.2) is 0 Å². The number of nitrogens with one attached hydrogen (secondary N) is 4. The predicted molar refractivity (Wildman–Crippen MR) is 211 cm³/mol. The molecule has 3 heterocycles. The van der Waals surface area contributed by atoms with Crippen LogP contribution >= 0.6 is 34.9 Å². The molecule has 0 aliphatic carbocycles. The third kappa shape index (κ3) is 11.7. The monoisotopic (exact) mass is 787 g/mol. The number of amides is 5. The molecule has 53 heavy (non-hydrogen) atoms. The highest BCUT2D eigenvalue weighted by Gasteiger charge is 2.53. The molecule has 2 aliphatic rings. The van der Waals surface area contributed by atoms with Crippen LogP contribution in [0.5, 0.6) is 0 Å². The summed E-state index contributed by atoms with van der Waals surface area (Å²) in [6, 6.07) is 9.69. The van der Waals surface area contributed by atoms with Gasteiger partial charge in [-0.1, -0.05) is 70.5 Å². The highest BCUT2D eigenvalue weighted by Crippen LogP contribution is 2.50. The first-order valence-electron chi connectivity index (χ1n) is 18.0. The molecule has 4 atom stereocenters. The van der Waals surface area contributed by atoms with Crippen LogP contribution in [0.2, 0.25) is 0 Å². The van der Waals surface area contributed by atoms with Crippen molar-refractivity contribution < 1.29 is 33.5 Å². The van der Waals surface area contributed by atoms with Crippen molar-refractivity contribution in [2.45, 2.75) is 108 Å². The lowest BCUT2D eigenvalue weighted by atomic mass is 9.85. The molecule has 12 nitrogen and oxygen atoms in total. The minimum Gasteiger partial charge on any atom is -0.444 e. The van der Waals surface area contributed by atoms with Gasteiger partial charge in [-0.05, 0) is 67.5 Å². The summed E-state index contributed by atoms with van der Waals surface area (Å²) in [5.74, 6) is -1.56. The summed E-state index contributed by atoms with van der Waals surface area (Å²) >= 11 is 4.92. The number of rotatable bonds is 13. The van der Waals surface area contributed by atoms with Crippen molar-refractivity contribution in [3.05, 3.63) is 58.3 Å². The molecule has 15 heteroatoms. The second kappa shape index (κ2) is 18.2. The van der Waals surface area contributed by atoms with E-state index in [0.29, 0.717) is 12.8 Å². The van der Waals surface area contributed by atoms with Gasteiger partial charge in [-0.3, -0.25) is 24.0 Å². The van der Waals surface area contributed by atoms with E-state index in [9.17, 15) is 28.8 Å². The smallest absolute Gasteiger partial charge is 0.408 e. The first-order chi connectivity index (χ1) is 24.9. The van der Waals surface area contributed by atoms with Crippen LogP contribution in [0.3, 0.4) is 0 Å². The molecule has 2 fully saturated rings. The SMILES string of the molecule is CCCC(NC(=O)[C@@H]1CC2(CN1C(=O)C(NC(=O)OC(C)(C)C)C(C)(C)C)SCCCS2)C(=O)C(=O)NCC(=O)NC(c1ccccc1)c1cccs1. The van der Waals surface area contributed by atoms with E-state index in [0.717, 1.165) is 28.4 Å². The minimum absolute atomic E-state index is 0.179. The second-order valence-corrected chi connectivity index (χ2v) is 19.6. The molecule has 5 amide bonds. The van der Waals surface area contributed by atoms with Crippen LogP contribution in [0.1, 0.15) is 90.6 Å². The molecule has 2 aliphatic heterocycles. The lowest BCUT2D eigenvalue weighted by molar-refractivity contribution is -0.144. The van der Waals surface area contributed by atoms with E-state index in [4.69, 9.17) is 4.74 Å². The molecule has 2 aromatic rings. The van der Waals surface area contributed by atoms with Crippen molar-refractivity contribution in [3.63, 3.8) is 0 Å². The maximum Gasteiger partial charge on any atom is 0.408 e. The molecule has 0 saturated carbocycles. The number of thiophene rings is 1. The van der Waals surface area contributed by atoms with Crippen LogP contribution in [0, 0.1) is 5.41 Å². The number of hydrogen-bond donors (Lipinski definition) is 4. The van der Waals surface area contributed by atoms with Crippen LogP contribution < -0.4 is 21.3 Å². The molecule has 4 rings (SSSR count). The van der Waals surface area contributed by atoms with Gasteiger partial charge in [0, 0.05) is 17.8 Å². The average molecular weight is 788 g/mol. The van der Waals surface area contributed by atoms with Crippen molar-refractivity contribution in [1.82, 2.24) is 26.2 Å². The lowest BCUT2D eigenvalue weighted by Gasteiger charge is -2.36. The number of carbonyl (C=O) groups excluding carboxylic acids is 6. The van der Waals surface area contributed by atoms with Gasteiger partial charge in [0.1, 0.15) is 17.7 Å². The van der Waals surface area contributed by atoms with Gasteiger partial charge in [-0.2, -0.15) is 0 Å². The Morgan fingerprint density at radius 3 is 2.19 bits per heavy atom. The maximum absolute atomic E-state index is 14.4. The Morgan fingerprint density at radius 2 is 1.60 bits per heavy atom. The van der Waals surface area contributed by atoms with Crippen LogP contribution in [0.25, 0.3) is 0 Å². The van der Waals surface area contributed by atoms with E-state index in [1.54, 1.807) is 44.3 Å². The Bertz CT molecular complexity index is 1600. The molecular formula is C38H53N5O7S3. The van der Waals surface area contributed by atoms with Gasteiger partial charge in [-0.25, -0.2) is 4.79 Å². The van der Waals surface area contributed by atoms with Gasteiger partial charge in [0.25, 0.3) is 5.91 Å². The Kier molecular flexibility index (Phi) is 14.5. The highest BCUT2D eigenvalue weighted by molar-refractivity contribution is 8.18. The fourth-order valence-corrected chi connectivity index (χ4v) is 10.4. The van der Waals surface area contributed by atoms with Crippen LogP contribution in [0.4, 0.5) is 4.79 Å².